The lowest BCUT2D eigenvalue weighted by atomic mass is 10.1. The molecule has 3 aromatic carbocycles. The molecule has 0 atom stereocenters. The number of anilines is 1. The maximum absolute atomic E-state index is 12.0. The smallest absolute Gasteiger partial charge is 0.249 e. The third-order valence-corrected chi connectivity index (χ3v) is 5.51. The number of nitrogens with one attached hydrogen (secondary N) is 2. The fraction of sp³-hybridized carbons (Fsp3) is 0.120. The van der Waals surface area contributed by atoms with E-state index < -0.39 is 18.2 Å². The highest BCUT2D eigenvalue weighted by Crippen LogP contribution is 2.36. The number of carbonyl (C=O) groups is 2. The van der Waals surface area contributed by atoms with Crippen LogP contribution in [0, 0.1) is 11.3 Å². The number of methoxy groups -OCH3 is 1. The second-order valence-electron chi connectivity index (χ2n) is 7.13. The van der Waals surface area contributed by atoms with E-state index in [0.29, 0.717) is 37.8 Å². The summed E-state index contributed by atoms with van der Waals surface area (Å²) in [6.45, 7) is 0.278. The molecule has 8 nitrogen and oxygen atoms in total. The fourth-order valence-corrected chi connectivity index (χ4v) is 3.66. The zero-order valence-corrected chi connectivity index (χ0v) is 20.9. The van der Waals surface area contributed by atoms with Gasteiger partial charge in [0.05, 0.1) is 40.1 Å². The normalized spacial score (nSPS) is 10.5. The van der Waals surface area contributed by atoms with Gasteiger partial charge in [0.1, 0.15) is 13.0 Å². The standard InChI is InChI=1S/C25H20BrClN4O4/c1-34-22-11-18(10-19(26)25(22)35-15-17-8-6-16(13-28)7-9-17)14-29-31-24(33)12-23(32)30-21-5-3-2-4-20(21)27/h2-11,14H,12,15H2,1H3,(H,30,32)(H,31,33). The van der Waals surface area contributed by atoms with Gasteiger partial charge >= 0.3 is 0 Å². The first-order valence-electron chi connectivity index (χ1n) is 10.2. The number of carbonyl (C=O) groups excluding carboxylic acids is 2. The van der Waals surface area contributed by atoms with Crippen LogP contribution in [-0.4, -0.2) is 25.1 Å². The molecule has 3 aromatic rings. The molecule has 2 amide bonds. The van der Waals surface area contributed by atoms with Crippen LogP contribution in [0.2, 0.25) is 5.02 Å². The molecule has 0 fully saturated rings. The van der Waals surface area contributed by atoms with E-state index in [2.05, 4.69) is 37.8 Å². The Morgan fingerprint density at radius 1 is 1.14 bits per heavy atom. The largest absolute Gasteiger partial charge is 0.493 e. The molecule has 178 valence electrons. The van der Waals surface area contributed by atoms with Gasteiger partial charge in [-0.2, -0.15) is 10.4 Å². The van der Waals surface area contributed by atoms with E-state index in [4.69, 9.17) is 26.3 Å². The van der Waals surface area contributed by atoms with Crippen LogP contribution in [-0.2, 0) is 16.2 Å². The summed E-state index contributed by atoms with van der Waals surface area (Å²) in [6, 6.07) is 19.3. The molecule has 0 unspecified atom stereocenters. The highest BCUT2D eigenvalue weighted by molar-refractivity contribution is 9.10. The zero-order chi connectivity index (χ0) is 25.2. The SMILES string of the molecule is COc1cc(C=NNC(=O)CC(=O)Nc2ccccc2Cl)cc(Br)c1OCc1ccc(C#N)cc1. The van der Waals surface area contributed by atoms with Crippen molar-refractivity contribution >= 4 is 51.2 Å². The number of para-hydroxylation sites is 1. The van der Waals surface area contributed by atoms with E-state index in [1.54, 1.807) is 48.5 Å². The average Bonchev–Trinajstić information content (AvgIpc) is 2.84. The van der Waals surface area contributed by atoms with Gasteiger partial charge in [-0.25, -0.2) is 5.43 Å². The predicted octanol–water partition coefficient (Wildman–Crippen LogP) is 5.04. The van der Waals surface area contributed by atoms with E-state index >= 15 is 0 Å². The Morgan fingerprint density at radius 2 is 1.89 bits per heavy atom. The molecule has 0 spiro atoms. The van der Waals surface area contributed by atoms with E-state index in [1.807, 2.05) is 12.1 Å². The second kappa shape index (κ2) is 12.6. The van der Waals surface area contributed by atoms with E-state index in [9.17, 15) is 9.59 Å². The van der Waals surface area contributed by atoms with Crippen molar-refractivity contribution in [3.63, 3.8) is 0 Å². The number of nitrogens with zero attached hydrogens (tertiary/aromatic N) is 2. The van der Waals surface area contributed by atoms with E-state index in [0.717, 1.165) is 5.56 Å². The minimum Gasteiger partial charge on any atom is -0.493 e. The molecule has 0 radical (unpaired) electrons. The maximum Gasteiger partial charge on any atom is 0.249 e. The average molecular weight is 556 g/mol. The Kier molecular flexibility index (Phi) is 9.23. The summed E-state index contributed by atoms with van der Waals surface area (Å²) in [5.41, 5.74) is 4.83. The first-order valence-corrected chi connectivity index (χ1v) is 11.4. The van der Waals surface area contributed by atoms with Gasteiger partial charge in [0.2, 0.25) is 11.8 Å². The third kappa shape index (κ3) is 7.57. The van der Waals surface area contributed by atoms with E-state index in [-0.39, 0.29) is 6.61 Å². The van der Waals surface area contributed by atoms with Gasteiger partial charge in [-0.15, -0.1) is 0 Å². The number of amides is 2. The number of benzene rings is 3. The van der Waals surface area contributed by atoms with Crippen molar-refractivity contribution in [1.82, 2.24) is 5.43 Å². The van der Waals surface area contributed by atoms with E-state index in [1.165, 1.54) is 13.3 Å². The minimum atomic E-state index is -0.584. The molecule has 0 aliphatic heterocycles. The van der Waals surface area contributed by atoms with Gasteiger partial charge in [-0.1, -0.05) is 35.9 Å². The number of hydrazone groups is 1. The third-order valence-electron chi connectivity index (χ3n) is 4.59. The molecule has 35 heavy (non-hydrogen) atoms. The first kappa shape index (κ1) is 25.7. The molecule has 0 bridgehead atoms. The molecular formula is C25H20BrClN4O4. The number of hydrogen-bond acceptors (Lipinski definition) is 6. The highest BCUT2D eigenvalue weighted by Gasteiger charge is 2.13. The quantitative estimate of drug-likeness (QED) is 0.218. The molecule has 2 N–H and O–H groups in total. The summed E-state index contributed by atoms with van der Waals surface area (Å²) in [4.78, 5) is 24.1. The summed E-state index contributed by atoms with van der Waals surface area (Å²) < 4.78 is 11.9. The lowest BCUT2D eigenvalue weighted by molar-refractivity contribution is -0.126. The van der Waals surface area contributed by atoms with Gasteiger partial charge in [0.15, 0.2) is 11.5 Å². The van der Waals surface area contributed by atoms with Gasteiger partial charge in [0.25, 0.3) is 0 Å². The van der Waals surface area contributed by atoms with Crippen molar-refractivity contribution in [1.29, 1.82) is 5.26 Å². The summed E-state index contributed by atoms with van der Waals surface area (Å²) in [5.74, 6) is -0.146. The van der Waals surface area contributed by atoms with Crippen LogP contribution in [0.15, 0.2) is 70.2 Å². The lowest BCUT2D eigenvalue weighted by Gasteiger charge is -2.13. The van der Waals surface area contributed by atoms with Crippen LogP contribution < -0.4 is 20.2 Å². The maximum atomic E-state index is 12.0. The number of nitriles is 1. The molecule has 0 aliphatic rings. The van der Waals surface area contributed by atoms with Crippen LogP contribution in [0.3, 0.4) is 0 Å². The van der Waals surface area contributed by atoms with Crippen molar-refractivity contribution < 1.29 is 19.1 Å². The van der Waals surface area contributed by atoms with Gasteiger partial charge in [-0.05, 0) is 63.5 Å². The van der Waals surface area contributed by atoms with Crippen LogP contribution in [0.5, 0.6) is 11.5 Å². The first-order chi connectivity index (χ1) is 16.9. The summed E-state index contributed by atoms with van der Waals surface area (Å²) >= 11 is 9.46. The van der Waals surface area contributed by atoms with Crippen molar-refractivity contribution in [2.75, 3.05) is 12.4 Å². The fourth-order valence-electron chi connectivity index (χ4n) is 2.91. The number of ether oxygens (including phenoxy) is 2. The van der Waals surface area contributed by atoms with Crippen molar-refractivity contribution in [2.24, 2.45) is 5.10 Å². The van der Waals surface area contributed by atoms with Crippen molar-refractivity contribution in [3.05, 3.63) is 86.8 Å². The summed E-state index contributed by atoms with van der Waals surface area (Å²) in [7, 11) is 1.51. The predicted molar refractivity (Wildman–Crippen MR) is 137 cm³/mol. The summed E-state index contributed by atoms with van der Waals surface area (Å²) in [6.07, 6.45) is 0.999. The van der Waals surface area contributed by atoms with Gasteiger partial charge in [-0.3, -0.25) is 9.59 Å². The van der Waals surface area contributed by atoms with Gasteiger partial charge < -0.3 is 14.8 Å². The lowest BCUT2D eigenvalue weighted by Crippen LogP contribution is -2.24. The Morgan fingerprint density at radius 3 is 2.57 bits per heavy atom. The molecule has 0 heterocycles. The minimum absolute atomic E-state index is 0.278. The Hall–Kier alpha value is -3.87. The number of rotatable bonds is 9. The summed E-state index contributed by atoms with van der Waals surface area (Å²) in [5, 5.41) is 15.8. The van der Waals surface area contributed by atoms with Crippen LogP contribution in [0.1, 0.15) is 23.1 Å². The van der Waals surface area contributed by atoms with Gasteiger partial charge in [0, 0.05) is 0 Å². The molecule has 0 saturated carbocycles. The monoisotopic (exact) mass is 554 g/mol. The number of hydrogen-bond donors (Lipinski definition) is 2. The Balaban J connectivity index is 1.57. The highest BCUT2D eigenvalue weighted by atomic mass is 79.9. The van der Waals surface area contributed by atoms with Crippen molar-refractivity contribution in [3.8, 4) is 17.6 Å². The van der Waals surface area contributed by atoms with Crippen LogP contribution in [0.4, 0.5) is 5.69 Å². The second-order valence-corrected chi connectivity index (χ2v) is 8.39. The molecule has 3 rings (SSSR count). The molecule has 10 heteroatoms. The topological polar surface area (TPSA) is 113 Å². The van der Waals surface area contributed by atoms with Crippen LogP contribution in [0.25, 0.3) is 0 Å². The molecular weight excluding hydrogens is 536 g/mol. The molecule has 0 aliphatic carbocycles. The zero-order valence-electron chi connectivity index (χ0n) is 18.5. The Bertz CT molecular complexity index is 1290. The number of halogens is 2. The Labute approximate surface area is 215 Å². The van der Waals surface area contributed by atoms with Crippen LogP contribution >= 0.6 is 27.5 Å². The molecule has 0 aromatic heterocycles. The van der Waals surface area contributed by atoms with Crippen molar-refractivity contribution in [2.45, 2.75) is 13.0 Å². The molecule has 0 saturated heterocycles.